The van der Waals surface area contributed by atoms with Gasteiger partial charge in [0.2, 0.25) is 15.9 Å². The number of thiophene rings is 1. The summed E-state index contributed by atoms with van der Waals surface area (Å²) in [6, 6.07) is 5.39. The van der Waals surface area contributed by atoms with Crippen molar-refractivity contribution in [2.45, 2.75) is 29.7 Å². The Morgan fingerprint density at radius 2 is 2.03 bits per heavy atom. The number of hydrogen-bond acceptors (Lipinski definition) is 8. The second-order valence-electron chi connectivity index (χ2n) is 8.76. The molecule has 0 radical (unpaired) electrons. The van der Waals surface area contributed by atoms with Crippen molar-refractivity contribution in [1.82, 2.24) is 14.5 Å². The van der Waals surface area contributed by atoms with Crippen LogP contribution in [-0.4, -0.2) is 75.4 Å². The predicted molar refractivity (Wildman–Crippen MR) is 130 cm³/mol. The molecule has 1 atom stereocenters. The number of anilines is 1. The minimum absolute atomic E-state index is 0.0124. The van der Waals surface area contributed by atoms with Gasteiger partial charge in [0, 0.05) is 23.5 Å². The number of imide groups is 1. The summed E-state index contributed by atoms with van der Waals surface area (Å²) in [5.74, 6) is -0.873. The zero-order chi connectivity index (χ0) is 25.5. The molecule has 1 aromatic carbocycles. The summed E-state index contributed by atoms with van der Waals surface area (Å²) in [6.45, 7) is 0.555. The minimum Gasteiger partial charge on any atom is -0.495 e. The number of methoxy groups -OCH3 is 1. The lowest BCUT2D eigenvalue weighted by atomic mass is 9.80. The zero-order valence-corrected chi connectivity index (χ0v) is 21.2. The van der Waals surface area contributed by atoms with E-state index in [9.17, 15) is 22.8 Å². The SMILES string of the molecule is COc1ccc(S(=O)(=O)N2CCOCC2)cc1NC(=O)CN1C(=O)N[C@@]2(CCCc3sccc32)C1=O. The molecule has 0 saturated carbocycles. The number of amides is 4. The summed E-state index contributed by atoms with van der Waals surface area (Å²) in [4.78, 5) is 41.0. The molecule has 0 bridgehead atoms. The van der Waals surface area contributed by atoms with E-state index in [0.717, 1.165) is 28.2 Å². The predicted octanol–water partition coefficient (Wildman–Crippen LogP) is 1.50. The van der Waals surface area contributed by atoms with Crippen molar-refractivity contribution in [2.24, 2.45) is 0 Å². The van der Waals surface area contributed by atoms with Gasteiger partial charge >= 0.3 is 6.03 Å². The molecule has 2 fully saturated rings. The van der Waals surface area contributed by atoms with Crippen molar-refractivity contribution in [3.63, 3.8) is 0 Å². The Hall–Kier alpha value is -3.00. The van der Waals surface area contributed by atoms with Gasteiger partial charge in [0.05, 0.1) is 30.9 Å². The van der Waals surface area contributed by atoms with E-state index in [2.05, 4.69) is 10.6 Å². The van der Waals surface area contributed by atoms with E-state index in [4.69, 9.17) is 9.47 Å². The van der Waals surface area contributed by atoms with Crippen molar-refractivity contribution in [2.75, 3.05) is 45.3 Å². The number of nitrogens with zero attached hydrogens (tertiary/aromatic N) is 2. The van der Waals surface area contributed by atoms with E-state index in [0.29, 0.717) is 19.6 Å². The molecule has 3 heterocycles. The fourth-order valence-corrected chi connectivity index (χ4v) is 7.33. The summed E-state index contributed by atoms with van der Waals surface area (Å²) < 4.78 is 37.9. The number of rotatable bonds is 6. The van der Waals surface area contributed by atoms with Gasteiger partial charge in [-0.25, -0.2) is 13.2 Å². The number of nitrogens with one attached hydrogen (secondary N) is 2. The summed E-state index contributed by atoms with van der Waals surface area (Å²) in [7, 11) is -2.42. The number of carbonyl (C=O) groups is 3. The molecule has 2 N–H and O–H groups in total. The first-order valence-electron chi connectivity index (χ1n) is 11.5. The highest BCUT2D eigenvalue weighted by Gasteiger charge is 2.54. The van der Waals surface area contributed by atoms with Crippen LogP contribution in [0.3, 0.4) is 0 Å². The molecule has 4 amide bonds. The Labute approximate surface area is 212 Å². The summed E-state index contributed by atoms with van der Waals surface area (Å²) in [6.07, 6.45) is 2.07. The van der Waals surface area contributed by atoms with Gasteiger partial charge in [0.1, 0.15) is 17.8 Å². The Kier molecular flexibility index (Phi) is 6.49. The number of benzene rings is 1. The van der Waals surface area contributed by atoms with Crippen molar-refractivity contribution in [3.8, 4) is 5.75 Å². The maximum Gasteiger partial charge on any atom is 0.325 e. The lowest BCUT2D eigenvalue weighted by molar-refractivity contribution is -0.134. The quantitative estimate of drug-likeness (QED) is 0.537. The van der Waals surface area contributed by atoms with E-state index < -0.39 is 40.0 Å². The van der Waals surface area contributed by atoms with Crippen LogP contribution in [-0.2, 0) is 36.3 Å². The number of ether oxygens (including phenoxy) is 2. The minimum atomic E-state index is -3.81. The van der Waals surface area contributed by atoms with E-state index in [1.54, 1.807) is 11.3 Å². The third kappa shape index (κ3) is 4.15. The van der Waals surface area contributed by atoms with E-state index in [1.165, 1.54) is 29.6 Å². The number of carbonyl (C=O) groups excluding carboxylic acids is 3. The van der Waals surface area contributed by atoms with Gasteiger partial charge < -0.3 is 20.1 Å². The first kappa shape index (κ1) is 24.7. The van der Waals surface area contributed by atoms with Gasteiger partial charge in [-0.1, -0.05) is 0 Å². The van der Waals surface area contributed by atoms with Crippen LogP contribution in [0.15, 0.2) is 34.5 Å². The maximum absolute atomic E-state index is 13.4. The lowest BCUT2D eigenvalue weighted by Crippen LogP contribution is -2.46. The number of aryl methyl sites for hydroxylation is 1. The molecule has 2 saturated heterocycles. The Bertz CT molecular complexity index is 1320. The number of urea groups is 1. The first-order chi connectivity index (χ1) is 17.3. The monoisotopic (exact) mass is 534 g/mol. The average Bonchev–Trinajstić information content (AvgIpc) is 3.45. The van der Waals surface area contributed by atoms with Gasteiger partial charge in [-0.05, 0) is 48.9 Å². The fraction of sp³-hybridized carbons (Fsp3) is 0.435. The molecule has 2 aliphatic heterocycles. The Morgan fingerprint density at radius 1 is 1.25 bits per heavy atom. The number of sulfonamides is 1. The maximum atomic E-state index is 13.4. The normalized spacial score (nSPS) is 22.4. The molecule has 192 valence electrons. The molecule has 36 heavy (non-hydrogen) atoms. The van der Waals surface area contributed by atoms with Crippen LogP contribution in [0.5, 0.6) is 5.75 Å². The zero-order valence-electron chi connectivity index (χ0n) is 19.6. The third-order valence-corrected chi connectivity index (χ3v) is 9.57. The molecule has 2 aromatic rings. The van der Waals surface area contributed by atoms with Crippen LogP contribution in [0.1, 0.15) is 23.3 Å². The summed E-state index contributed by atoms with van der Waals surface area (Å²) in [5.41, 5.74) is -0.228. The standard InChI is InChI=1S/C23H26N4O7S2/c1-33-18-5-4-15(36(31,32)26-8-10-34-11-9-26)13-17(18)24-20(28)14-27-21(29)23(25-22(27)30)7-2-3-19-16(23)6-12-35-19/h4-6,12-13H,2-3,7-11,14H2,1H3,(H,24,28)(H,25,30)/t23-/m1/s1. The van der Waals surface area contributed by atoms with E-state index in [-0.39, 0.29) is 29.4 Å². The van der Waals surface area contributed by atoms with Gasteiger partial charge in [-0.3, -0.25) is 14.5 Å². The van der Waals surface area contributed by atoms with Gasteiger partial charge in [0.15, 0.2) is 0 Å². The first-order valence-corrected chi connectivity index (χ1v) is 13.8. The summed E-state index contributed by atoms with van der Waals surface area (Å²) in [5, 5.41) is 7.32. The average molecular weight is 535 g/mol. The number of morpholine rings is 1. The molecule has 1 aromatic heterocycles. The van der Waals surface area contributed by atoms with E-state index >= 15 is 0 Å². The van der Waals surface area contributed by atoms with Gasteiger partial charge in [0.25, 0.3) is 5.91 Å². The number of fused-ring (bicyclic) bond motifs is 2. The van der Waals surface area contributed by atoms with Crippen LogP contribution in [0.25, 0.3) is 0 Å². The van der Waals surface area contributed by atoms with Gasteiger partial charge in [-0.2, -0.15) is 4.31 Å². The van der Waals surface area contributed by atoms with Crippen molar-refractivity contribution < 1.29 is 32.3 Å². The van der Waals surface area contributed by atoms with Crippen LogP contribution in [0, 0.1) is 0 Å². The highest BCUT2D eigenvalue weighted by atomic mass is 32.2. The van der Waals surface area contributed by atoms with Crippen LogP contribution in [0.4, 0.5) is 10.5 Å². The fourth-order valence-electron chi connectivity index (χ4n) is 4.90. The topological polar surface area (TPSA) is 134 Å². The Morgan fingerprint density at radius 3 is 2.78 bits per heavy atom. The van der Waals surface area contributed by atoms with Crippen molar-refractivity contribution in [1.29, 1.82) is 0 Å². The lowest BCUT2D eigenvalue weighted by Gasteiger charge is -2.31. The second kappa shape index (κ2) is 9.47. The molecule has 1 aliphatic carbocycles. The molecule has 11 nitrogen and oxygen atoms in total. The molecule has 5 rings (SSSR count). The third-order valence-electron chi connectivity index (χ3n) is 6.69. The number of hydrogen-bond donors (Lipinski definition) is 2. The van der Waals surface area contributed by atoms with Crippen molar-refractivity contribution >= 4 is 44.9 Å². The van der Waals surface area contributed by atoms with E-state index in [1.807, 2.05) is 11.4 Å². The van der Waals surface area contributed by atoms with Crippen LogP contribution < -0.4 is 15.4 Å². The highest BCUT2D eigenvalue weighted by molar-refractivity contribution is 7.89. The molecule has 13 heteroatoms. The molecule has 1 spiro atoms. The smallest absolute Gasteiger partial charge is 0.325 e. The van der Waals surface area contributed by atoms with Gasteiger partial charge in [-0.15, -0.1) is 11.3 Å². The van der Waals surface area contributed by atoms with Crippen LogP contribution in [0.2, 0.25) is 0 Å². The highest BCUT2D eigenvalue weighted by Crippen LogP contribution is 2.42. The molecule has 3 aliphatic rings. The van der Waals surface area contributed by atoms with Crippen LogP contribution >= 0.6 is 11.3 Å². The van der Waals surface area contributed by atoms with Crippen molar-refractivity contribution in [3.05, 3.63) is 40.1 Å². The second-order valence-corrected chi connectivity index (χ2v) is 11.7. The molecular formula is C23H26N4O7S2. The summed E-state index contributed by atoms with van der Waals surface area (Å²) >= 11 is 1.55. The Balaban J connectivity index is 1.35. The molecular weight excluding hydrogens is 508 g/mol. The largest absolute Gasteiger partial charge is 0.495 e. The molecule has 0 unspecified atom stereocenters.